The smallest absolute Gasteiger partial charge is 0.234 e. The van der Waals surface area contributed by atoms with E-state index in [4.69, 9.17) is 0 Å². The van der Waals surface area contributed by atoms with E-state index in [0.29, 0.717) is 12.2 Å². The second-order valence-electron chi connectivity index (χ2n) is 3.40. The van der Waals surface area contributed by atoms with E-state index < -0.39 is 0 Å². The summed E-state index contributed by atoms with van der Waals surface area (Å²) in [4.78, 5) is 0. The molecular weight excluding hydrogens is 128 g/mol. The molecule has 1 saturated carbocycles. The summed E-state index contributed by atoms with van der Waals surface area (Å²) in [6.45, 7) is 0. The van der Waals surface area contributed by atoms with Gasteiger partial charge in [0.1, 0.15) is 0 Å². The Morgan fingerprint density at radius 3 is 1.90 bits per heavy atom. The van der Waals surface area contributed by atoms with Gasteiger partial charge in [-0.05, 0) is 12.8 Å². The molecule has 0 aromatic carbocycles. The molecule has 10 heavy (non-hydrogen) atoms. The van der Waals surface area contributed by atoms with Crippen molar-refractivity contribution in [2.24, 2.45) is 0 Å². The monoisotopic (exact) mass is 142 g/mol. The molecule has 2 rings (SSSR count). The second kappa shape index (κ2) is 2.51. The Balaban J connectivity index is 1.86. The quantitative estimate of drug-likeness (QED) is 0.280. The largest absolute Gasteiger partial charge is 0.533 e. The van der Waals surface area contributed by atoms with Crippen molar-refractivity contribution in [3.63, 3.8) is 0 Å². The maximum Gasteiger partial charge on any atom is 0.234 e. The molecule has 0 unspecified atom stereocenters. The van der Waals surface area contributed by atoms with E-state index in [-0.39, 0.29) is 0 Å². The number of fused-ring (bicyclic) bond motifs is 1. The van der Waals surface area contributed by atoms with Gasteiger partial charge in [0.05, 0.1) is 0 Å². The molecule has 0 aromatic heterocycles. The van der Waals surface area contributed by atoms with Crippen molar-refractivity contribution in [3.8, 4) is 0 Å². The van der Waals surface area contributed by atoms with Crippen LogP contribution in [0.15, 0.2) is 0 Å². The first-order valence-electron chi connectivity index (χ1n) is 4.29. The minimum absolute atomic E-state index is 0.347. The van der Waals surface area contributed by atoms with E-state index in [2.05, 4.69) is 0 Å². The number of hydrogen-bond acceptors (Lipinski definition) is 1. The summed E-state index contributed by atoms with van der Waals surface area (Å²) >= 11 is 0. The molecular formula is C8H14O2. The number of hydrogen-bond donors (Lipinski definition) is 0. The summed E-state index contributed by atoms with van der Waals surface area (Å²) < 4.78 is 2.02. The van der Waals surface area contributed by atoms with Crippen molar-refractivity contribution >= 4 is 0 Å². The normalized spacial score (nSPS) is 41.7. The van der Waals surface area contributed by atoms with Gasteiger partial charge < -0.3 is 9.78 Å². The fourth-order valence-electron chi connectivity index (χ4n) is 1.93. The van der Waals surface area contributed by atoms with Crippen LogP contribution < -0.4 is 5.26 Å². The minimum Gasteiger partial charge on any atom is -0.533 e. The third-order valence-electron chi connectivity index (χ3n) is 2.66. The van der Waals surface area contributed by atoms with Crippen molar-refractivity contribution in [1.29, 1.82) is 0 Å². The average Bonchev–Trinajstić information content (AvgIpc) is 2.39. The summed E-state index contributed by atoms with van der Waals surface area (Å²) in [6, 6.07) is 0. The predicted molar refractivity (Wildman–Crippen MR) is 36.4 cm³/mol. The fraction of sp³-hybridized carbons (Fsp3) is 1.00. The molecule has 58 valence electrons. The summed E-state index contributed by atoms with van der Waals surface area (Å²) in [5, 5.41) is 10.9. The molecule has 2 atom stereocenters. The van der Waals surface area contributed by atoms with Crippen molar-refractivity contribution in [3.05, 3.63) is 0 Å². The Hall–Kier alpha value is -0.0800. The van der Waals surface area contributed by atoms with Crippen molar-refractivity contribution in [2.75, 3.05) is 0 Å². The van der Waals surface area contributed by atoms with E-state index in [9.17, 15) is 5.26 Å². The van der Waals surface area contributed by atoms with Crippen LogP contribution in [0.5, 0.6) is 0 Å². The highest BCUT2D eigenvalue weighted by Crippen LogP contribution is 2.38. The van der Waals surface area contributed by atoms with Crippen molar-refractivity contribution < 1.29 is 9.78 Å². The molecule has 2 aliphatic rings. The highest BCUT2D eigenvalue weighted by Gasteiger charge is 2.52. The van der Waals surface area contributed by atoms with Gasteiger partial charge in [0.15, 0.2) is 0 Å². The third kappa shape index (κ3) is 1.06. The van der Waals surface area contributed by atoms with Gasteiger partial charge in [0.2, 0.25) is 12.2 Å². The summed E-state index contributed by atoms with van der Waals surface area (Å²) in [7, 11) is 0. The van der Waals surface area contributed by atoms with Crippen LogP contribution in [-0.4, -0.2) is 12.2 Å². The maximum atomic E-state index is 10.9. The highest BCUT2D eigenvalue weighted by atomic mass is 17.3. The molecule has 1 aliphatic heterocycles. The van der Waals surface area contributed by atoms with Crippen LogP contribution in [0.2, 0.25) is 0 Å². The van der Waals surface area contributed by atoms with Gasteiger partial charge in [-0.2, -0.15) is 0 Å². The SMILES string of the molecule is [O-][O+]1[C@H]2CCCCCC[C@@H]21. The zero-order chi connectivity index (χ0) is 6.97. The van der Waals surface area contributed by atoms with Crippen LogP contribution in [0.4, 0.5) is 0 Å². The molecule has 0 bridgehead atoms. The Labute approximate surface area is 61.4 Å². The van der Waals surface area contributed by atoms with Crippen molar-refractivity contribution in [1.82, 2.24) is 0 Å². The molecule has 0 amide bonds. The van der Waals surface area contributed by atoms with Gasteiger partial charge in [-0.25, -0.2) is 0 Å². The van der Waals surface area contributed by atoms with Gasteiger partial charge in [-0.15, -0.1) is 0 Å². The molecule has 1 heterocycles. The van der Waals surface area contributed by atoms with Gasteiger partial charge in [0.25, 0.3) is 0 Å². The maximum absolute atomic E-state index is 10.9. The van der Waals surface area contributed by atoms with E-state index >= 15 is 0 Å². The first-order valence-corrected chi connectivity index (χ1v) is 4.29. The topological polar surface area (TPSA) is 25.8 Å². The average molecular weight is 142 g/mol. The number of rotatable bonds is 0. The fourth-order valence-corrected chi connectivity index (χ4v) is 1.93. The molecule has 0 spiro atoms. The predicted octanol–water partition coefficient (Wildman–Crippen LogP) is 0.919. The molecule has 1 saturated heterocycles. The van der Waals surface area contributed by atoms with Gasteiger partial charge in [-0.1, -0.05) is 12.8 Å². The van der Waals surface area contributed by atoms with Crippen LogP contribution in [0.1, 0.15) is 38.5 Å². The van der Waals surface area contributed by atoms with Gasteiger partial charge in [0, 0.05) is 12.8 Å². The first kappa shape index (κ1) is 6.62. The Morgan fingerprint density at radius 1 is 0.900 bits per heavy atom. The van der Waals surface area contributed by atoms with Crippen LogP contribution in [0.25, 0.3) is 0 Å². The lowest BCUT2D eigenvalue weighted by Gasteiger charge is -1.98. The van der Waals surface area contributed by atoms with Gasteiger partial charge >= 0.3 is 0 Å². The molecule has 0 N–H and O–H groups in total. The van der Waals surface area contributed by atoms with E-state index in [0.717, 1.165) is 12.8 Å². The Bertz CT molecular complexity index is 110. The minimum atomic E-state index is 0.347. The highest BCUT2D eigenvalue weighted by molar-refractivity contribution is 4.87. The van der Waals surface area contributed by atoms with Crippen LogP contribution in [-0.2, 0) is 4.52 Å². The van der Waals surface area contributed by atoms with Crippen LogP contribution >= 0.6 is 0 Å². The lowest BCUT2D eigenvalue weighted by molar-refractivity contribution is -0.743. The summed E-state index contributed by atoms with van der Waals surface area (Å²) in [5.41, 5.74) is 0. The van der Waals surface area contributed by atoms with Gasteiger partial charge in [-0.3, -0.25) is 0 Å². The first-order chi connectivity index (χ1) is 4.89. The second-order valence-corrected chi connectivity index (χ2v) is 3.40. The molecule has 2 heteroatoms. The molecule has 0 radical (unpaired) electrons. The van der Waals surface area contributed by atoms with Crippen LogP contribution in [0, 0.1) is 0 Å². The Kier molecular flexibility index (Phi) is 1.66. The van der Waals surface area contributed by atoms with E-state index in [1.807, 2.05) is 4.52 Å². The van der Waals surface area contributed by atoms with Crippen molar-refractivity contribution in [2.45, 2.75) is 50.7 Å². The lowest BCUT2D eigenvalue weighted by Crippen LogP contribution is -2.07. The van der Waals surface area contributed by atoms with Crippen LogP contribution in [0.3, 0.4) is 0 Å². The van der Waals surface area contributed by atoms with E-state index in [1.54, 1.807) is 0 Å². The molecule has 2 fully saturated rings. The summed E-state index contributed by atoms with van der Waals surface area (Å²) in [5.74, 6) is 0. The summed E-state index contributed by atoms with van der Waals surface area (Å²) in [6.07, 6.45) is 8.12. The third-order valence-corrected chi connectivity index (χ3v) is 2.66. The molecule has 2 nitrogen and oxygen atoms in total. The molecule has 1 aliphatic carbocycles. The lowest BCUT2D eigenvalue weighted by atomic mass is 10.0. The number of epoxide rings is 1. The molecule has 0 aromatic rings. The Morgan fingerprint density at radius 2 is 1.40 bits per heavy atom. The zero-order valence-electron chi connectivity index (χ0n) is 6.21. The standard InChI is InChI=1S/C8H14O2/c9-10-7-5-3-1-2-4-6-8(7)10/h7-8H,1-6H2/t7-,8-/m0/s1. The van der Waals surface area contributed by atoms with E-state index in [1.165, 1.54) is 25.7 Å². The zero-order valence-corrected chi connectivity index (χ0v) is 6.21.